The molecule has 0 aliphatic rings. The highest BCUT2D eigenvalue weighted by atomic mass is 35.5. The second-order valence-corrected chi connectivity index (χ2v) is 7.70. The first-order chi connectivity index (χ1) is 14.5. The van der Waals surface area contributed by atoms with E-state index in [0.717, 1.165) is 11.8 Å². The van der Waals surface area contributed by atoms with Crippen LogP contribution in [-0.4, -0.2) is 21.2 Å². The molecule has 5 nitrogen and oxygen atoms in total. The van der Waals surface area contributed by atoms with Gasteiger partial charge in [-0.2, -0.15) is 0 Å². The maximum Gasteiger partial charge on any atom is 0.266 e. The topological polar surface area (TPSA) is 64.0 Å². The van der Waals surface area contributed by atoms with Gasteiger partial charge in [0.15, 0.2) is 5.16 Å². The Bertz CT molecular complexity index is 1290. The molecule has 3 aromatic carbocycles. The van der Waals surface area contributed by atoms with Crippen LogP contribution in [0.5, 0.6) is 0 Å². The number of anilines is 1. The second kappa shape index (κ2) is 8.69. The molecule has 0 unspecified atom stereocenters. The van der Waals surface area contributed by atoms with E-state index in [4.69, 9.17) is 11.6 Å². The van der Waals surface area contributed by atoms with Crippen molar-refractivity contribution in [3.05, 3.63) is 94.0 Å². The van der Waals surface area contributed by atoms with Crippen LogP contribution in [0.3, 0.4) is 0 Å². The summed E-state index contributed by atoms with van der Waals surface area (Å²) in [5.74, 6) is -0.881. The normalized spacial score (nSPS) is 10.9. The van der Waals surface area contributed by atoms with Crippen molar-refractivity contribution in [2.45, 2.75) is 5.16 Å². The Hall–Kier alpha value is -3.16. The highest BCUT2D eigenvalue weighted by Crippen LogP contribution is 2.23. The van der Waals surface area contributed by atoms with Crippen LogP contribution in [0, 0.1) is 5.82 Å². The van der Waals surface area contributed by atoms with Gasteiger partial charge in [0.1, 0.15) is 5.82 Å². The first kappa shape index (κ1) is 20.1. The molecule has 1 N–H and O–H groups in total. The minimum atomic E-state index is -0.559. The third kappa shape index (κ3) is 4.22. The summed E-state index contributed by atoms with van der Waals surface area (Å²) in [6.45, 7) is 0. The van der Waals surface area contributed by atoms with Gasteiger partial charge < -0.3 is 5.32 Å². The molecule has 0 spiro atoms. The highest BCUT2D eigenvalue weighted by molar-refractivity contribution is 7.99. The van der Waals surface area contributed by atoms with Gasteiger partial charge in [-0.1, -0.05) is 53.7 Å². The van der Waals surface area contributed by atoms with Crippen molar-refractivity contribution in [3.63, 3.8) is 0 Å². The first-order valence-electron chi connectivity index (χ1n) is 8.98. The fraction of sp³-hybridized carbons (Fsp3) is 0.0455. The molecule has 8 heteroatoms. The predicted molar refractivity (Wildman–Crippen MR) is 118 cm³/mol. The third-order valence-electron chi connectivity index (χ3n) is 4.30. The lowest BCUT2D eigenvalue weighted by molar-refractivity contribution is -0.113. The van der Waals surface area contributed by atoms with E-state index in [2.05, 4.69) is 10.3 Å². The van der Waals surface area contributed by atoms with Gasteiger partial charge in [-0.3, -0.25) is 14.2 Å². The van der Waals surface area contributed by atoms with E-state index in [1.165, 1.54) is 22.8 Å². The summed E-state index contributed by atoms with van der Waals surface area (Å²) < 4.78 is 14.8. The van der Waals surface area contributed by atoms with Crippen molar-refractivity contribution in [2.24, 2.45) is 0 Å². The number of aromatic nitrogens is 2. The molecule has 4 rings (SSSR count). The van der Waals surface area contributed by atoms with E-state index in [1.807, 2.05) is 30.3 Å². The molecule has 0 saturated carbocycles. The number of amides is 1. The van der Waals surface area contributed by atoms with Crippen LogP contribution in [0.15, 0.2) is 82.7 Å². The van der Waals surface area contributed by atoms with E-state index >= 15 is 0 Å². The molecule has 0 saturated heterocycles. The molecule has 0 radical (unpaired) electrons. The summed E-state index contributed by atoms with van der Waals surface area (Å²) in [6, 6.07) is 20.2. The average Bonchev–Trinajstić information content (AvgIpc) is 2.75. The molecule has 4 aromatic rings. The zero-order valence-corrected chi connectivity index (χ0v) is 17.1. The minimum absolute atomic E-state index is 0.00656. The maximum absolute atomic E-state index is 13.3. The smallest absolute Gasteiger partial charge is 0.266 e. The van der Waals surface area contributed by atoms with Crippen molar-refractivity contribution in [1.82, 2.24) is 9.55 Å². The molecule has 0 bridgehead atoms. The molecule has 150 valence electrons. The van der Waals surface area contributed by atoms with Crippen molar-refractivity contribution >= 4 is 45.9 Å². The number of hydrogen-bond acceptors (Lipinski definition) is 4. The van der Waals surface area contributed by atoms with Gasteiger partial charge in [0.2, 0.25) is 5.91 Å². The van der Waals surface area contributed by atoms with Crippen LogP contribution in [-0.2, 0) is 4.79 Å². The maximum atomic E-state index is 13.3. The summed E-state index contributed by atoms with van der Waals surface area (Å²) in [5, 5.41) is 3.49. The molecule has 30 heavy (non-hydrogen) atoms. The van der Waals surface area contributed by atoms with E-state index in [0.29, 0.717) is 27.4 Å². The molecule has 0 aliphatic carbocycles. The Morgan fingerprint density at radius 2 is 1.80 bits per heavy atom. The Morgan fingerprint density at radius 3 is 2.57 bits per heavy atom. The Morgan fingerprint density at radius 1 is 1.07 bits per heavy atom. The summed E-state index contributed by atoms with van der Waals surface area (Å²) in [7, 11) is 0. The zero-order chi connectivity index (χ0) is 21.1. The Kier molecular flexibility index (Phi) is 5.83. The van der Waals surface area contributed by atoms with E-state index in [9.17, 15) is 14.0 Å². The summed E-state index contributed by atoms with van der Waals surface area (Å²) >= 11 is 6.89. The molecular formula is C22H15ClFN3O2S. The summed E-state index contributed by atoms with van der Waals surface area (Å²) in [5.41, 5.74) is 1.40. The number of nitrogens with one attached hydrogen (secondary N) is 1. The van der Waals surface area contributed by atoms with Crippen LogP contribution in [0.4, 0.5) is 10.1 Å². The van der Waals surface area contributed by atoms with Crippen molar-refractivity contribution in [3.8, 4) is 5.69 Å². The van der Waals surface area contributed by atoms with Gasteiger partial charge in [-0.25, -0.2) is 9.37 Å². The van der Waals surface area contributed by atoms with Gasteiger partial charge in [-0.05, 0) is 42.5 Å². The largest absolute Gasteiger partial charge is 0.325 e. The number of nitrogens with zero attached hydrogens (tertiary/aromatic N) is 2. The Labute approximate surface area is 180 Å². The average molecular weight is 440 g/mol. The standard InChI is InChI=1S/C22H15ClFN3O2S/c23-17-12-14(10-11-18(17)24)25-20(28)13-30-22-26-19-9-5-4-8-16(19)21(29)27(22)15-6-2-1-3-7-15/h1-12H,13H2,(H,25,28). The number of thioether (sulfide) groups is 1. The molecule has 0 aliphatic heterocycles. The van der Waals surface area contributed by atoms with E-state index in [1.54, 1.807) is 24.3 Å². The summed E-state index contributed by atoms with van der Waals surface area (Å²) in [4.78, 5) is 30.1. The highest BCUT2D eigenvalue weighted by Gasteiger charge is 2.15. The molecule has 1 amide bonds. The van der Waals surface area contributed by atoms with E-state index < -0.39 is 5.82 Å². The van der Waals surface area contributed by atoms with Gasteiger partial charge in [0, 0.05) is 5.69 Å². The van der Waals surface area contributed by atoms with Gasteiger partial charge in [0.05, 0.1) is 27.4 Å². The SMILES string of the molecule is O=C(CSc1nc2ccccc2c(=O)n1-c1ccccc1)Nc1ccc(F)c(Cl)c1. The third-order valence-corrected chi connectivity index (χ3v) is 5.52. The fourth-order valence-electron chi connectivity index (χ4n) is 2.91. The van der Waals surface area contributed by atoms with Crippen molar-refractivity contribution in [1.29, 1.82) is 0 Å². The van der Waals surface area contributed by atoms with Gasteiger partial charge >= 0.3 is 0 Å². The Balaban J connectivity index is 1.64. The number of hydrogen-bond donors (Lipinski definition) is 1. The minimum Gasteiger partial charge on any atom is -0.325 e. The van der Waals surface area contributed by atoms with Gasteiger partial charge in [0.25, 0.3) is 5.56 Å². The number of halogens is 2. The lowest BCUT2D eigenvalue weighted by atomic mass is 10.2. The monoisotopic (exact) mass is 439 g/mol. The van der Waals surface area contributed by atoms with Crippen LogP contribution in [0.25, 0.3) is 16.6 Å². The van der Waals surface area contributed by atoms with E-state index in [-0.39, 0.29) is 22.2 Å². The number of carbonyl (C=O) groups excluding carboxylic acids is 1. The van der Waals surface area contributed by atoms with Crippen molar-refractivity contribution in [2.75, 3.05) is 11.1 Å². The number of benzene rings is 3. The molecule has 1 aromatic heterocycles. The van der Waals surface area contributed by atoms with Gasteiger partial charge in [-0.15, -0.1) is 0 Å². The predicted octanol–water partition coefficient (Wildman–Crippen LogP) is 4.91. The lowest BCUT2D eigenvalue weighted by Gasteiger charge is -2.13. The van der Waals surface area contributed by atoms with Crippen LogP contribution in [0.1, 0.15) is 0 Å². The first-order valence-corrected chi connectivity index (χ1v) is 10.3. The second-order valence-electron chi connectivity index (χ2n) is 6.35. The van der Waals surface area contributed by atoms with Crippen LogP contribution < -0.4 is 10.9 Å². The number of para-hydroxylation sites is 2. The number of rotatable bonds is 5. The number of carbonyl (C=O) groups is 1. The lowest BCUT2D eigenvalue weighted by Crippen LogP contribution is -2.22. The van der Waals surface area contributed by atoms with Crippen LogP contribution >= 0.6 is 23.4 Å². The molecule has 0 atom stereocenters. The van der Waals surface area contributed by atoms with Crippen LogP contribution in [0.2, 0.25) is 5.02 Å². The molecule has 0 fully saturated rings. The zero-order valence-electron chi connectivity index (χ0n) is 15.5. The molecular weight excluding hydrogens is 425 g/mol. The fourth-order valence-corrected chi connectivity index (χ4v) is 3.91. The summed E-state index contributed by atoms with van der Waals surface area (Å²) in [6.07, 6.45) is 0. The quantitative estimate of drug-likeness (QED) is 0.354. The molecule has 1 heterocycles. The van der Waals surface area contributed by atoms with Crippen molar-refractivity contribution < 1.29 is 9.18 Å². The number of fused-ring (bicyclic) bond motifs is 1.